The molecule has 9 nitrogen and oxygen atoms in total. The Morgan fingerprint density at radius 1 is 1.39 bits per heavy atom. The smallest absolute Gasteiger partial charge is 0.339 e. The van der Waals surface area contributed by atoms with Gasteiger partial charge in [-0.15, -0.1) is 0 Å². The minimum atomic E-state index is -1.17. The number of carboxylic acids is 1. The van der Waals surface area contributed by atoms with Gasteiger partial charge in [-0.3, -0.25) is 4.79 Å². The van der Waals surface area contributed by atoms with Crippen molar-refractivity contribution in [2.45, 2.75) is 6.54 Å². The minimum Gasteiger partial charge on any atom is -0.481 e. The standard InChI is InChI=1S/C18H15ClN4O5/c1-27-14-2-3-21-16(23-14)13(7-20)17(24)22-8-11-5-9-4-10(19)6-12(18(25)26)15(9)28-11/h2-7H,8,20H2,1H3,(H,22,24)(H,25,26)/b13-7+. The first-order valence-corrected chi connectivity index (χ1v) is 8.33. The molecule has 0 aliphatic carbocycles. The third-order valence-electron chi connectivity index (χ3n) is 3.78. The fourth-order valence-corrected chi connectivity index (χ4v) is 2.74. The number of hydrogen-bond donors (Lipinski definition) is 3. The van der Waals surface area contributed by atoms with E-state index in [4.69, 9.17) is 26.5 Å². The molecule has 10 heteroatoms. The van der Waals surface area contributed by atoms with Gasteiger partial charge in [0.05, 0.1) is 19.2 Å². The number of rotatable bonds is 6. The van der Waals surface area contributed by atoms with Gasteiger partial charge in [-0.2, -0.15) is 4.98 Å². The fraction of sp³-hybridized carbons (Fsp3) is 0.111. The number of halogens is 1. The van der Waals surface area contributed by atoms with Crippen LogP contribution < -0.4 is 15.8 Å². The largest absolute Gasteiger partial charge is 0.481 e. The van der Waals surface area contributed by atoms with Crippen molar-refractivity contribution in [2.75, 3.05) is 7.11 Å². The van der Waals surface area contributed by atoms with Crippen LogP contribution in [0.3, 0.4) is 0 Å². The van der Waals surface area contributed by atoms with Gasteiger partial charge in [-0.25, -0.2) is 9.78 Å². The number of benzene rings is 1. The number of hydrogen-bond acceptors (Lipinski definition) is 7. The minimum absolute atomic E-state index is 0.00843. The highest BCUT2D eigenvalue weighted by molar-refractivity contribution is 6.32. The summed E-state index contributed by atoms with van der Waals surface area (Å²) in [7, 11) is 1.44. The molecule has 4 N–H and O–H groups in total. The number of ether oxygens (including phenoxy) is 1. The van der Waals surface area contributed by atoms with E-state index in [1.165, 1.54) is 25.4 Å². The lowest BCUT2D eigenvalue weighted by Crippen LogP contribution is -2.25. The maximum Gasteiger partial charge on any atom is 0.339 e. The van der Waals surface area contributed by atoms with Crippen molar-refractivity contribution in [3.63, 3.8) is 0 Å². The predicted molar refractivity (Wildman–Crippen MR) is 101 cm³/mol. The van der Waals surface area contributed by atoms with Crippen LogP contribution in [-0.2, 0) is 11.3 Å². The van der Waals surface area contributed by atoms with Crippen molar-refractivity contribution >= 4 is 40.0 Å². The normalized spacial score (nSPS) is 11.4. The zero-order valence-electron chi connectivity index (χ0n) is 14.6. The SMILES string of the molecule is COc1ccnc(/C(=C\N)C(=O)NCc2cc3cc(Cl)cc(C(=O)O)c3o2)n1. The molecule has 0 radical (unpaired) electrons. The zero-order valence-corrected chi connectivity index (χ0v) is 15.4. The van der Waals surface area contributed by atoms with Gasteiger partial charge in [-0.1, -0.05) is 11.6 Å². The number of furan rings is 1. The first-order valence-electron chi connectivity index (χ1n) is 7.95. The van der Waals surface area contributed by atoms with Gasteiger partial charge in [-0.05, 0) is 18.2 Å². The molecule has 3 rings (SSSR count). The Balaban J connectivity index is 1.80. The van der Waals surface area contributed by atoms with Crippen LogP contribution in [0, 0.1) is 0 Å². The van der Waals surface area contributed by atoms with Crippen molar-refractivity contribution < 1.29 is 23.8 Å². The summed E-state index contributed by atoms with van der Waals surface area (Å²) in [6.07, 6.45) is 2.53. The molecule has 0 bridgehead atoms. The Labute approximate surface area is 163 Å². The van der Waals surface area contributed by atoms with E-state index in [0.717, 1.165) is 6.20 Å². The average molecular weight is 403 g/mol. The molecule has 0 aliphatic rings. The maximum absolute atomic E-state index is 12.5. The van der Waals surface area contributed by atoms with Gasteiger partial charge in [0.25, 0.3) is 5.91 Å². The first-order chi connectivity index (χ1) is 13.4. The van der Waals surface area contributed by atoms with E-state index in [9.17, 15) is 14.7 Å². The van der Waals surface area contributed by atoms with E-state index in [-0.39, 0.29) is 40.0 Å². The Bertz CT molecular complexity index is 1090. The van der Waals surface area contributed by atoms with Gasteiger partial charge in [0.1, 0.15) is 16.9 Å². The second-order valence-electron chi connectivity index (χ2n) is 5.58. The zero-order chi connectivity index (χ0) is 20.3. The van der Waals surface area contributed by atoms with E-state index in [1.54, 1.807) is 12.1 Å². The lowest BCUT2D eigenvalue weighted by Gasteiger charge is -2.07. The highest BCUT2D eigenvalue weighted by Crippen LogP contribution is 2.27. The number of carboxylic acid groups (broad SMARTS) is 1. The number of aromatic nitrogens is 2. The quantitative estimate of drug-likeness (QED) is 0.533. The summed E-state index contributed by atoms with van der Waals surface area (Å²) in [6.45, 7) is -0.00843. The number of nitrogens with zero attached hydrogens (tertiary/aromatic N) is 2. The molecule has 0 unspecified atom stereocenters. The van der Waals surface area contributed by atoms with Crippen molar-refractivity contribution in [1.82, 2.24) is 15.3 Å². The molecule has 0 fully saturated rings. The number of amides is 1. The molecule has 0 saturated carbocycles. The Kier molecular flexibility index (Phi) is 5.46. The van der Waals surface area contributed by atoms with Gasteiger partial charge in [0, 0.05) is 28.9 Å². The van der Waals surface area contributed by atoms with Crippen LogP contribution in [-0.4, -0.2) is 34.1 Å². The predicted octanol–water partition coefficient (Wildman–Crippen LogP) is 2.20. The second-order valence-corrected chi connectivity index (χ2v) is 6.01. The number of nitrogens with one attached hydrogen (secondary N) is 1. The topological polar surface area (TPSA) is 141 Å². The fourth-order valence-electron chi connectivity index (χ4n) is 2.52. The number of aromatic carboxylic acids is 1. The van der Waals surface area contributed by atoms with Gasteiger partial charge in [0.2, 0.25) is 5.88 Å². The number of carbonyl (C=O) groups excluding carboxylic acids is 1. The van der Waals surface area contributed by atoms with E-state index in [2.05, 4.69) is 15.3 Å². The van der Waals surface area contributed by atoms with Crippen LogP contribution >= 0.6 is 11.6 Å². The van der Waals surface area contributed by atoms with E-state index in [0.29, 0.717) is 11.1 Å². The molecule has 144 valence electrons. The summed E-state index contributed by atoms with van der Waals surface area (Å²) < 4.78 is 10.6. The van der Waals surface area contributed by atoms with Crippen LogP contribution in [0.1, 0.15) is 21.9 Å². The van der Waals surface area contributed by atoms with E-state index in [1.807, 2.05) is 0 Å². The summed E-state index contributed by atoms with van der Waals surface area (Å²) in [6, 6.07) is 6.01. The first kappa shape index (κ1) is 19.2. The number of methoxy groups -OCH3 is 1. The molecule has 1 aromatic carbocycles. The molecule has 0 spiro atoms. The number of nitrogens with two attached hydrogens (primary N) is 1. The molecule has 0 saturated heterocycles. The Morgan fingerprint density at radius 2 is 2.18 bits per heavy atom. The monoisotopic (exact) mass is 402 g/mol. The summed E-state index contributed by atoms with van der Waals surface area (Å²) in [5.41, 5.74) is 5.71. The molecule has 28 heavy (non-hydrogen) atoms. The summed E-state index contributed by atoms with van der Waals surface area (Å²) >= 11 is 5.94. The van der Waals surface area contributed by atoms with Crippen LogP contribution in [0.25, 0.3) is 16.5 Å². The number of fused-ring (bicyclic) bond motifs is 1. The van der Waals surface area contributed by atoms with Crippen LogP contribution in [0.4, 0.5) is 0 Å². The van der Waals surface area contributed by atoms with Crippen molar-refractivity contribution in [2.24, 2.45) is 5.73 Å². The molecule has 0 atom stereocenters. The molecular weight excluding hydrogens is 388 g/mol. The highest BCUT2D eigenvalue weighted by Gasteiger charge is 2.18. The number of carbonyl (C=O) groups is 2. The lowest BCUT2D eigenvalue weighted by molar-refractivity contribution is -0.115. The van der Waals surface area contributed by atoms with Crippen LogP contribution in [0.15, 0.2) is 41.1 Å². The maximum atomic E-state index is 12.5. The molecule has 1 amide bonds. The van der Waals surface area contributed by atoms with Crippen molar-refractivity contribution in [1.29, 1.82) is 0 Å². The van der Waals surface area contributed by atoms with Gasteiger partial charge < -0.3 is 25.3 Å². The summed E-state index contributed by atoms with van der Waals surface area (Å²) in [4.78, 5) is 31.9. The molecule has 3 aromatic rings. The highest BCUT2D eigenvalue weighted by atomic mass is 35.5. The molecule has 2 aromatic heterocycles. The van der Waals surface area contributed by atoms with Gasteiger partial charge in [0.15, 0.2) is 5.82 Å². The van der Waals surface area contributed by atoms with Crippen LogP contribution in [0.5, 0.6) is 5.88 Å². The second kappa shape index (κ2) is 7.97. The van der Waals surface area contributed by atoms with E-state index < -0.39 is 11.9 Å². The van der Waals surface area contributed by atoms with Crippen molar-refractivity contribution in [3.8, 4) is 5.88 Å². The van der Waals surface area contributed by atoms with Crippen LogP contribution in [0.2, 0.25) is 5.02 Å². The summed E-state index contributed by atoms with van der Waals surface area (Å²) in [5, 5.41) is 12.7. The third kappa shape index (κ3) is 3.89. The van der Waals surface area contributed by atoms with E-state index >= 15 is 0 Å². The molecular formula is C18H15ClN4O5. The Hall–Kier alpha value is -3.59. The van der Waals surface area contributed by atoms with Gasteiger partial charge >= 0.3 is 5.97 Å². The lowest BCUT2D eigenvalue weighted by atomic mass is 10.1. The summed E-state index contributed by atoms with van der Waals surface area (Å²) in [5.74, 6) is -0.971. The molecule has 2 heterocycles. The molecule has 0 aliphatic heterocycles. The average Bonchev–Trinajstić information content (AvgIpc) is 3.09. The van der Waals surface area contributed by atoms with Crippen molar-refractivity contribution in [3.05, 3.63) is 58.8 Å². The third-order valence-corrected chi connectivity index (χ3v) is 4.00. The Morgan fingerprint density at radius 3 is 2.86 bits per heavy atom.